The van der Waals surface area contributed by atoms with E-state index in [1.807, 2.05) is 61.5 Å². The molecule has 3 aromatic rings. The summed E-state index contributed by atoms with van der Waals surface area (Å²) in [5.41, 5.74) is 3.44. The highest BCUT2D eigenvalue weighted by atomic mass is 16.4. The topological polar surface area (TPSA) is 66.4 Å². The molecule has 0 spiro atoms. The minimum absolute atomic E-state index is 0.0453. The summed E-state index contributed by atoms with van der Waals surface area (Å²) in [6.07, 6.45) is 1.27. The monoisotopic (exact) mass is 373 g/mol. The molecule has 4 nitrogen and oxygen atoms in total. The molecule has 28 heavy (non-hydrogen) atoms. The van der Waals surface area contributed by atoms with E-state index in [2.05, 4.69) is 5.32 Å². The molecule has 0 radical (unpaired) electrons. The van der Waals surface area contributed by atoms with Gasteiger partial charge in [-0.25, -0.2) is 4.79 Å². The van der Waals surface area contributed by atoms with Gasteiger partial charge in [-0.05, 0) is 37.5 Å². The van der Waals surface area contributed by atoms with Crippen molar-refractivity contribution in [3.05, 3.63) is 101 Å². The van der Waals surface area contributed by atoms with E-state index in [1.165, 1.54) is 6.07 Å². The maximum atomic E-state index is 13.2. The number of hydrogen-bond donors (Lipinski definition) is 2. The first-order valence-corrected chi connectivity index (χ1v) is 9.28. The number of benzene rings is 3. The molecule has 0 aromatic heterocycles. The number of anilines is 1. The van der Waals surface area contributed by atoms with E-state index >= 15 is 0 Å². The molecule has 4 heteroatoms. The highest BCUT2D eigenvalue weighted by Crippen LogP contribution is 2.20. The van der Waals surface area contributed by atoms with Crippen LogP contribution in [0.2, 0.25) is 0 Å². The maximum absolute atomic E-state index is 13.2. The Morgan fingerprint density at radius 3 is 2.21 bits per heavy atom. The van der Waals surface area contributed by atoms with Crippen LogP contribution in [0.4, 0.5) is 5.69 Å². The summed E-state index contributed by atoms with van der Waals surface area (Å²) in [4.78, 5) is 24.7. The lowest BCUT2D eigenvalue weighted by Crippen LogP contribution is -2.31. The SMILES string of the molecule is Cc1ccc(C(=O)C(CCc2ccccc2)Nc2ccccc2C(=O)O)cc1. The Bertz CT molecular complexity index is 949. The summed E-state index contributed by atoms with van der Waals surface area (Å²) >= 11 is 0. The van der Waals surface area contributed by atoms with Crippen LogP contribution in [0.15, 0.2) is 78.9 Å². The second-order valence-electron chi connectivity index (χ2n) is 6.80. The predicted octanol–water partition coefficient (Wildman–Crippen LogP) is 4.99. The molecule has 0 heterocycles. The van der Waals surface area contributed by atoms with Gasteiger partial charge in [0.2, 0.25) is 0 Å². The van der Waals surface area contributed by atoms with Crippen LogP contribution in [0.5, 0.6) is 0 Å². The number of carbonyl (C=O) groups is 2. The Kier molecular flexibility index (Phi) is 6.22. The van der Waals surface area contributed by atoms with Crippen LogP contribution in [-0.2, 0) is 6.42 Å². The van der Waals surface area contributed by atoms with Crippen molar-refractivity contribution in [3.8, 4) is 0 Å². The van der Waals surface area contributed by atoms with E-state index in [-0.39, 0.29) is 11.3 Å². The van der Waals surface area contributed by atoms with E-state index in [4.69, 9.17) is 0 Å². The van der Waals surface area contributed by atoms with Crippen LogP contribution in [0.3, 0.4) is 0 Å². The maximum Gasteiger partial charge on any atom is 0.337 e. The molecular formula is C24H23NO3. The predicted molar refractivity (Wildman–Crippen MR) is 111 cm³/mol. The highest BCUT2D eigenvalue weighted by Gasteiger charge is 2.22. The van der Waals surface area contributed by atoms with Gasteiger partial charge in [0.1, 0.15) is 0 Å². The molecule has 0 fully saturated rings. The summed E-state index contributed by atoms with van der Waals surface area (Å²) in [7, 11) is 0. The Morgan fingerprint density at radius 1 is 0.893 bits per heavy atom. The fourth-order valence-electron chi connectivity index (χ4n) is 3.13. The van der Waals surface area contributed by atoms with Crippen LogP contribution >= 0.6 is 0 Å². The van der Waals surface area contributed by atoms with Crippen molar-refractivity contribution in [3.63, 3.8) is 0 Å². The number of aromatic carboxylic acids is 1. The normalized spacial score (nSPS) is 11.6. The van der Waals surface area contributed by atoms with Gasteiger partial charge in [0, 0.05) is 11.3 Å². The zero-order chi connectivity index (χ0) is 19.9. The van der Waals surface area contributed by atoms with Gasteiger partial charge in [-0.15, -0.1) is 0 Å². The molecule has 1 unspecified atom stereocenters. The second kappa shape index (κ2) is 9.00. The standard InChI is InChI=1S/C24H23NO3/c1-17-11-14-19(15-12-17)23(26)22(16-13-18-7-3-2-4-8-18)25-21-10-6-5-9-20(21)24(27)28/h2-12,14-15,22,25H,13,16H2,1H3,(H,27,28). The average Bonchev–Trinajstić information content (AvgIpc) is 2.72. The van der Waals surface area contributed by atoms with E-state index in [9.17, 15) is 14.7 Å². The fraction of sp³-hybridized carbons (Fsp3) is 0.167. The molecule has 1 atom stereocenters. The van der Waals surface area contributed by atoms with Crippen LogP contribution in [0, 0.1) is 6.92 Å². The molecule has 0 saturated heterocycles. The molecule has 0 aliphatic carbocycles. The zero-order valence-electron chi connectivity index (χ0n) is 15.8. The number of rotatable bonds is 8. The van der Waals surface area contributed by atoms with Gasteiger partial charge in [-0.3, -0.25) is 4.79 Å². The fourth-order valence-corrected chi connectivity index (χ4v) is 3.13. The highest BCUT2D eigenvalue weighted by molar-refractivity contribution is 6.03. The van der Waals surface area contributed by atoms with Crippen molar-refractivity contribution in [2.24, 2.45) is 0 Å². The summed E-state index contributed by atoms with van der Waals surface area (Å²) in [5, 5.41) is 12.6. The van der Waals surface area contributed by atoms with Crippen LogP contribution in [0.1, 0.15) is 38.3 Å². The zero-order valence-corrected chi connectivity index (χ0v) is 15.8. The molecule has 3 rings (SSSR count). The summed E-state index contributed by atoms with van der Waals surface area (Å²) in [6, 6.07) is 23.6. The molecule has 0 aliphatic rings. The Labute approximate surface area is 164 Å². The van der Waals surface area contributed by atoms with E-state index in [1.54, 1.807) is 18.2 Å². The lowest BCUT2D eigenvalue weighted by molar-refractivity contribution is 0.0697. The quantitative estimate of drug-likeness (QED) is 0.546. The molecule has 0 saturated carbocycles. The first-order valence-electron chi connectivity index (χ1n) is 9.28. The molecule has 2 N–H and O–H groups in total. The number of aryl methyl sites for hydroxylation is 2. The molecule has 0 amide bonds. The largest absolute Gasteiger partial charge is 0.478 e. The van der Waals surface area contributed by atoms with Crippen LogP contribution in [0.25, 0.3) is 0 Å². The number of hydrogen-bond acceptors (Lipinski definition) is 3. The Morgan fingerprint density at radius 2 is 1.54 bits per heavy atom. The van der Waals surface area contributed by atoms with Crippen molar-refractivity contribution >= 4 is 17.4 Å². The van der Waals surface area contributed by atoms with Crippen molar-refractivity contribution in [1.29, 1.82) is 0 Å². The third-order valence-electron chi connectivity index (χ3n) is 4.70. The lowest BCUT2D eigenvalue weighted by atomic mass is 9.96. The van der Waals surface area contributed by atoms with Gasteiger partial charge < -0.3 is 10.4 Å². The summed E-state index contributed by atoms with van der Waals surface area (Å²) < 4.78 is 0. The van der Waals surface area contributed by atoms with Crippen molar-refractivity contribution < 1.29 is 14.7 Å². The lowest BCUT2D eigenvalue weighted by Gasteiger charge is -2.20. The molecule has 142 valence electrons. The number of nitrogens with one attached hydrogen (secondary N) is 1. The third-order valence-corrected chi connectivity index (χ3v) is 4.70. The first kappa shape index (κ1) is 19.4. The van der Waals surface area contributed by atoms with Gasteiger partial charge in [0.25, 0.3) is 0 Å². The van der Waals surface area contributed by atoms with E-state index in [0.29, 0.717) is 24.1 Å². The molecule has 0 aliphatic heterocycles. The van der Waals surface area contributed by atoms with Gasteiger partial charge in [-0.1, -0.05) is 72.3 Å². The molecule has 0 bridgehead atoms. The minimum atomic E-state index is -1.02. The molecular weight excluding hydrogens is 350 g/mol. The van der Waals surface area contributed by atoms with Gasteiger partial charge in [0.05, 0.1) is 11.6 Å². The Hall–Kier alpha value is -3.40. The van der Waals surface area contributed by atoms with E-state index < -0.39 is 12.0 Å². The van der Waals surface area contributed by atoms with Gasteiger partial charge in [0.15, 0.2) is 5.78 Å². The van der Waals surface area contributed by atoms with E-state index in [0.717, 1.165) is 11.1 Å². The number of ketones is 1. The summed E-state index contributed by atoms with van der Waals surface area (Å²) in [6.45, 7) is 1.97. The minimum Gasteiger partial charge on any atom is -0.478 e. The third kappa shape index (κ3) is 4.86. The van der Waals surface area contributed by atoms with Gasteiger partial charge in [-0.2, -0.15) is 0 Å². The van der Waals surface area contributed by atoms with Crippen molar-refractivity contribution in [2.45, 2.75) is 25.8 Å². The number of carbonyl (C=O) groups excluding carboxylic acids is 1. The number of carboxylic acids is 1. The number of Topliss-reactive ketones (excluding diaryl/α,β-unsaturated/α-hetero) is 1. The Balaban J connectivity index is 1.86. The van der Waals surface area contributed by atoms with Crippen molar-refractivity contribution in [1.82, 2.24) is 0 Å². The smallest absolute Gasteiger partial charge is 0.337 e. The van der Waals surface area contributed by atoms with Gasteiger partial charge >= 0.3 is 5.97 Å². The number of carboxylic acid groups (broad SMARTS) is 1. The molecule has 3 aromatic carbocycles. The summed E-state index contributed by atoms with van der Waals surface area (Å²) in [5.74, 6) is -1.07. The van der Waals surface area contributed by atoms with Crippen molar-refractivity contribution in [2.75, 3.05) is 5.32 Å². The average molecular weight is 373 g/mol. The van der Waals surface area contributed by atoms with Crippen LogP contribution < -0.4 is 5.32 Å². The first-order chi connectivity index (χ1) is 13.5. The van der Waals surface area contributed by atoms with Crippen LogP contribution in [-0.4, -0.2) is 22.9 Å². The second-order valence-corrected chi connectivity index (χ2v) is 6.80. The number of para-hydroxylation sites is 1.